The molecule has 1 fully saturated rings. The molecule has 2 N–H and O–H groups in total. The number of nitrogens with zero attached hydrogens (tertiary/aromatic N) is 4. The molecule has 0 saturated carbocycles. The topological polar surface area (TPSA) is 91.2 Å². The number of fused-ring (bicyclic) bond motifs is 1. The molecule has 5 rings (SSSR count). The minimum absolute atomic E-state index is 0.128. The van der Waals surface area contributed by atoms with Crippen LogP contribution in [0.1, 0.15) is 41.4 Å². The van der Waals surface area contributed by atoms with Gasteiger partial charge < -0.3 is 15.3 Å². The molecule has 0 bridgehead atoms. The van der Waals surface area contributed by atoms with Crippen molar-refractivity contribution in [2.24, 2.45) is 0 Å². The maximum atomic E-state index is 12.7. The van der Waals surface area contributed by atoms with Crippen molar-refractivity contribution >= 4 is 34.4 Å². The van der Waals surface area contributed by atoms with Crippen molar-refractivity contribution < 1.29 is 9.90 Å². The Labute approximate surface area is 221 Å². The van der Waals surface area contributed by atoms with Gasteiger partial charge in [-0.15, -0.1) is 11.8 Å². The maximum Gasteiger partial charge on any atom is 0.251 e. The highest BCUT2D eigenvalue weighted by Crippen LogP contribution is 2.29. The summed E-state index contributed by atoms with van der Waals surface area (Å²) in [5, 5.41) is 14.5. The number of nitrogens with one attached hydrogen (secondary N) is 1. The van der Waals surface area contributed by atoms with E-state index in [-0.39, 0.29) is 5.91 Å². The quantitative estimate of drug-likeness (QED) is 0.336. The highest BCUT2D eigenvalue weighted by Gasteiger charge is 2.34. The molecule has 0 aliphatic carbocycles. The van der Waals surface area contributed by atoms with Gasteiger partial charge in [-0.1, -0.05) is 19.1 Å². The van der Waals surface area contributed by atoms with Crippen molar-refractivity contribution in [3.63, 3.8) is 0 Å². The molecule has 1 aliphatic rings. The average Bonchev–Trinajstić information content (AvgIpc) is 3.34. The largest absolute Gasteiger partial charge is 0.388 e. The highest BCUT2D eigenvalue weighted by atomic mass is 32.2. The number of anilines is 1. The average molecular weight is 514 g/mol. The minimum Gasteiger partial charge on any atom is -0.388 e. The van der Waals surface area contributed by atoms with Crippen LogP contribution in [0.5, 0.6) is 0 Å². The molecule has 37 heavy (non-hydrogen) atoms. The fourth-order valence-electron chi connectivity index (χ4n) is 4.61. The third-order valence-corrected chi connectivity index (χ3v) is 7.92. The molecule has 0 spiro atoms. The van der Waals surface area contributed by atoms with Crippen LogP contribution < -0.4 is 10.2 Å². The number of benzene rings is 1. The Morgan fingerprint density at radius 3 is 2.76 bits per heavy atom. The summed E-state index contributed by atoms with van der Waals surface area (Å²) in [6.07, 6.45) is 5.27. The number of β-amino-alcohol motifs (C(OH)–C–C–N with tert-alkyl or cyclic N) is 1. The van der Waals surface area contributed by atoms with Gasteiger partial charge in [-0.2, -0.15) is 0 Å². The van der Waals surface area contributed by atoms with Crippen LogP contribution in [0.3, 0.4) is 0 Å². The van der Waals surface area contributed by atoms with Crippen molar-refractivity contribution in [1.82, 2.24) is 20.3 Å². The summed E-state index contributed by atoms with van der Waals surface area (Å²) < 4.78 is 0. The predicted molar refractivity (Wildman–Crippen MR) is 149 cm³/mol. The van der Waals surface area contributed by atoms with E-state index in [0.29, 0.717) is 18.7 Å². The van der Waals surface area contributed by atoms with E-state index in [1.165, 1.54) is 0 Å². The molecule has 1 saturated heterocycles. The summed E-state index contributed by atoms with van der Waals surface area (Å²) in [6.45, 7) is 5.75. The molecule has 4 heterocycles. The van der Waals surface area contributed by atoms with Crippen LogP contribution in [0.15, 0.2) is 65.7 Å². The van der Waals surface area contributed by atoms with E-state index in [1.54, 1.807) is 18.0 Å². The first-order chi connectivity index (χ1) is 17.9. The van der Waals surface area contributed by atoms with Gasteiger partial charge >= 0.3 is 0 Å². The van der Waals surface area contributed by atoms with Gasteiger partial charge in [0.05, 0.1) is 34.7 Å². The van der Waals surface area contributed by atoms with Gasteiger partial charge in [0.15, 0.2) is 0 Å². The Balaban J connectivity index is 1.33. The number of hydrogen-bond acceptors (Lipinski definition) is 7. The van der Waals surface area contributed by atoms with Crippen LogP contribution >= 0.6 is 11.8 Å². The Kier molecular flexibility index (Phi) is 7.13. The van der Waals surface area contributed by atoms with E-state index in [9.17, 15) is 9.90 Å². The number of amides is 1. The lowest BCUT2D eigenvalue weighted by Gasteiger charge is -2.22. The number of hydrogen-bond donors (Lipinski definition) is 2. The Bertz CT molecular complexity index is 1460. The SMILES string of the molecule is CCC1(O)CCN(c2cccc(-c3ccc4cnc(CNC(=O)c5ccc(C)c(SC)c5)cc4n3)n2)C1. The van der Waals surface area contributed by atoms with Crippen molar-refractivity contribution in [3.8, 4) is 11.4 Å². The number of rotatable bonds is 7. The molecule has 7 nitrogen and oxygen atoms in total. The summed E-state index contributed by atoms with van der Waals surface area (Å²) in [7, 11) is 0. The van der Waals surface area contributed by atoms with E-state index in [2.05, 4.69) is 15.2 Å². The van der Waals surface area contributed by atoms with E-state index in [0.717, 1.165) is 63.6 Å². The van der Waals surface area contributed by atoms with Gasteiger partial charge in [0, 0.05) is 35.1 Å². The first-order valence-electron chi connectivity index (χ1n) is 12.5. The molecule has 1 atom stereocenters. The Morgan fingerprint density at radius 1 is 1.14 bits per heavy atom. The molecule has 1 aromatic carbocycles. The van der Waals surface area contributed by atoms with Gasteiger partial charge in [-0.05, 0) is 74.0 Å². The second-order valence-corrected chi connectivity index (χ2v) is 10.4. The molecule has 8 heteroatoms. The molecule has 1 unspecified atom stereocenters. The maximum absolute atomic E-state index is 12.7. The van der Waals surface area contributed by atoms with E-state index in [1.807, 2.05) is 74.7 Å². The summed E-state index contributed by atoms with van der Waals surface area (Å²) in [5.41, 5.74) is 4.23. The molecule has 3 aromatic heterocycles. The normalized spacial score (nSPS) is 17.4. The van der Waals surface area contributed by atoms with E-state index < -0.39 is 5.60 Å². The zero-order chi connectivity index (χ0) is 26.0. The first-order valence-corrected chi connectivity index (χ1v) is 13.7. The lowest BCUT2D eigenvalue weighted by atomic mass is 10.0. The second kappa shape index (κ2) is 10.5. The van der Waals surface area contributed by atoms with Crippen molar-refractivity contribution in [2.75, 3.05) is 24.2 Å². The van der Waals surface area contributed by atoms with E-state index in [4.69, 9.17) is 9.97 Å². The smallest absolute Gasteiger partial charge is 0.251 e. The Morgan fingerprint density at radius 2 is 1.97 bits per heavy atom. The molecule has 1 aliphatic heterocycles. The molecular formula is C29H31N5O2S. The van der Waals surface area contributed by atoms with Crippen LogP contribution in [0, 0.1) is 6.92 Å². The fraction of sp³-hybridized carbons (Fsp3) is 0.310. The summed E-state index contributed by atoms with van der Waals surface area (Å²) in [5.74, 6) is 0.722. The lowest BCUT2D eigenvalue weighted by molar-refractivity contribution is 0.0593. The zero-order valence-electron chi connectivity index (χ0n) is 21.4. The third kappa shape index (κ3) is 5.45. The standard InChI is InChI=1S/C29H31N5O2S/c1-4-29(36)12-13-34(18-29)27-7-5-6-23(33-27)24-11-10-21-16-30-22(15-25(21)32-24)17-31-28(35)20-9-8-19(2)26(14-20)37-3/h5-11,14-16,36H,4,12-13,17-18H2,1-3H3,(H,31,35). The number of pyridine rings is 3. The zero-order valence-corrected chi connectivity index (χ0v) is 22.2. The predicted octanol–water partition coefficient (Wildman–Crippen LogP) is 5.00. The van der Waals surface area contributed by atoms with E-state index >= 15 is 0 Å². The fourth-order valence-corrected chi connectivity index (χ4v) is 5.25. The van der Waals surface area contributed by atoms with Crippen molar-refractivity contribution in [2.45, 2.75) is 43.7 Å². The van der Waals surface area contributed by atoms with Gasteiger partial charge in [0.2, 0.25) is 0 Å². The molecule has 0 radical (unpaired) electrons. The lowest BCUT2D eigenvalue weighted by Crippen LogP contribution is -2.32. The number of aliphatic hydroxyl groups is 1. The van der Waals surface area contributed by atoms with Crippen LogP contribution in [0.2, 0.25) is 0 Å². The third-order valence-electron chi connectivity index (χ3n) is 7.04. The number of thioether (sulfide) groups is 1. The Hall–Kier alpha value is -3.49. The van der Waals surface area contributed by atoms with Crippen LogP contribution in [0.4, 0.5) is 5.82 Å². The highest BCUT2D eigenvalue weighted by molar-refractivity contribution is 7.98. The number of carbonyl (C=O) groups is 1. The summed E-state index contributed by atoms with van der Waals surface area (Å²) in [6, 6.07) is 17.5. The van der Waals surface area contributed by atoms with Gasteiger partial charge in [-0.25, -0.2) is 9.97 Å². The molecular weight excluding hydrogens is 482 g/mol. The van der Waals surface area contributed by atoms with Crippen molar-refractivity contribution in [1.29, 1.82) is 0 Å². The van der Waals surface area contributed by atoms with Crippen molar-refractivity contribution in [3.05, 3.63) is 77.6 Å². The molecule has 190 valence electrons. The number of carbonyl (C=O) groups excluding carboxylic acids is 1. The summed E-state index contributed by atoms with van der Waals surface area (Å²) in [4.78, 5) is 30.1. The first kappa shape index (κ1) is 25.2. The van der Waals surface area contributed by atoms with Gasteiger partial charge in [-0.3, -0.25) is 9.78 Å². The summed E-state index contributed by atoms with van der Waals surface area (Å²) >= 11 is 1.63. The minimum atomic E-state index is -0.644. The van der Waals surface area contributed by atoms with Crippen LogP contribution in [-0.2, 0) is 6.54 Å². The second-order valence-electron chi connectivity index (χ2n) is 9.56. The van der Waals surface area contributed by atoms with Gasteiger partial charge in [0.1, 0.15) is 5.82 Å². The molecule has 4 aromatic rings. The molecule has 1 amide bonds. The monoisotopic (exact) mass is 513 g/mol. The van der Waals surface area contributed by atoms with Crippen LogP contribution in [0.25, 0.3) is 22.3 Å². The number of aromatic nitrogens is 3. The number of aryl methyl sites for hydroxylation is 1. The van der Waals surface area contributed by atoms with Crippen LogP contribution in [-0.4, -0.2) is 50.9 Å². The van der Waals surface area contributed by atoms with Gasteiger partial charge in [0.25, 0.3) is 5.91 Å².